The molecule has 2 aliphatic rings. The zero-order chi connectivity index (χ0) is 11.5. The molecule has 1 saturated carbocycles. The van der Waals surface area contributed by atoms with Gasteiger partial charge in [0.1, 0.15) is 0 Å². The molecule has 1 saturated heterocycles. The van der Waals surface area contributed by atoms with Crippen LogP contribution in [0.1, 0.15) is 46.0 Å². The van der Waals surface area contributed by atoms with E-state index in [1.54, 1.807) is 0 Å². The van der Waals surface area contributed by atoms with Gasteiger partial charge in [0, 0.05) is 18.5 Å². The third-order valence-electron chi connectivity index (χ3n) is 4.24. The first-order valence-electron chi connectivity index (χ1n) is 6.69. The summed E-state index contributed by atoms with van der Waals surface area (Å²) in [7, 11) is 0. The van der Waals surface area contributed by atoms with Gasteiger partial charge in [0.15, 0.2) is 0 Å². The Morgan fingerprint density at radius 2 is 2.06 bits per heavy atom. The van der Waals surface area contributed by atoms with Crippen molar-refractivity contribution >= 4 is 5.91 Å². The Balaban J connectivity index is 1.79. The molecule has 0 aromatic rings. The molecular weight excluding hydrogens is 200 g/mol. The van der Waals surface area contributed by atoms with Crippen LogP contribution in [-0.4, -0.2) is 24.5 Å². The smallest absolute Gasteiger partial charge is 0.220 e. The highest BCUT2D eigenvalue weighted by atomic mass is 16.1. The Labute approximate surface area is 98.4 Å². The summed E-state index contributed by atoms with van der Waals surface area (Å²) in [6.45, 7) is 5.49. The summed E-state index contributed by atoms with van der Waals surface area (Å²) < 4.78 is 0. The third kappa shape index (κ3) is 2.76. The van der Waals surface area contributed by atoms with Gasteiger partial charge in [0.25, 0.3) is 0 Å². The average Bonchev–Trinajstić information content (AvgIpc) is 2.18. The van der Waals surface area contributed by atoms with E-state index in [0.29, 0.717) is 23.9 Å². The maximum absolute atomic E-state index is 11.9. The molecule has 0 bridgehead atoms. The molecule has 0 radical (unpaired) electrons. The van der Waals surface area contributed by atoms with Gasteiger partial charge in [-0.1, -0.05) is 13.3 Å². The average molecular weight is 224 g/mol. The Morgan fingerprint density at radius 1 is 1.31 bits per heavy atom. The fourth-order valence-electron chi connectivity index (χ4n) is 2.81. The molecule has 0 aromatic heterocycles. The lowest BCUT2D eigenvalue weighted by Gasteiger charge is -2.36. The van der Waals surface area contributed by atoms with Gasteiger partial charge < -0.3 is 10.6 Å². The highest BCUT2D eigenvalue weighted by Crippen LogP contribution is 2.29. The number of nitrogens with one attached hydrogen (secondary N) is 2. The molecule has 1 aliphatic heterocycles. The van der Waals surface area contributed by atoms with Crippen molar-refractivity contribution in [2.45, 2.75) is 58.0 Å². The molecule has 3 atom stereocenters. The van der Waals surface area contributed by atoms with E-state index >= 15 is 0 Å². The van der Waals surface area contributed by atoms with Crippen LogP contribution >= 0.6 is 0 Å². The largest absolute Gasteiger partial charge is 0.352 e. The lowest BCUT2D eigenvalue weighted by Crippen LogP contribution is -2.56. The number of hydrogen-bond acceptors (Lipinski definition) is 2. The Kier molecular flexibility index (Phi) is 3.85. The fourth-order valence-corrected chi connectivity index (χ4v) is 2.81. The van der Waals surface area contributed by atoms with E-state index in [1.165, 1.54) is 25.7 Å². The SMILES string of the molecule is CC1CCNC(C)C1NC(=O)CC1CCC1. The summed E-state index contributed by atoms with van der Waals surface area (Å²) in [5.41, 5.74) is 0. The van der Waals surface area contributed by atoms with Crippen LogP contribution in [0.4, 0.5) is 0 Å². The van der Waals surface area contributed by atoms with Crippen molar-refractivity contribution in [1.29, 1.82) is 0 Å². The van der Waals surface area contributed by atoms with Crippen molar-refractivity contribution < 1.29 is 4.79 Å². The van der Waals surface area contributed by atoms with Crippen molar-refractivity contribution in [2.75, 3.05) is 6.54 Å². The van der Waals surface area contributed by atoms with Crippen molar-refractivity contribution in [3.63, 3.8) is 0 Å². The van der Waals surface area contributed by atoms with Gasteiger partial charge in [-0.05, 0) is 44.6 Å². The van der Waals surface area contributed by atoms with E-state index in [9.17, 15) is 4.79 Å². The number of hydrogen-bond donors (Lipinski definition) is 2. The van der Waals surface area contributed by atoms with E-state index in [1.807, 2.05) is 0 Å². The number of carbonyl (C=O) groups is 1. The van der Waals surface area contributed by atoms with Gasteiger partial charge >= 0.3 is 0 Å². The van der Waals surface area contributed by atoms with Crippen LogP contribution in [0.2, 0.25) is 0 Å². The number of piperidine rings is 1. The van der Waals surface area contributed by atoms with Gasteiger partial charge in [-0.2, -0.15) is 0 Å². The monoisotopic (exact) mass is 224 g/mol. The molecule has 0 spiro atoms. The van der Waals surface area contributed by atoms with Crippen LogP contribution < -0.4 is 10.6 Å². The molecule has 2 rings (SSSR count). The third-order valence-corrected chi connectivity index (χ3v) is 4.24. The van der Waals surface area contributed by atoms with Crippen LogP contribution in [0.3, 0.4) is 0 Å². The van der Waals surface area contributed by atoms with E-state index in [2.05, 4.69) is 24.5 Å². The Bertz CT molecular complexity index is 240. The molecule has 3 unspecified atom stereocenters. The van der Waals surface area contributed by atoms with E-state index in [-0.39, 0.29) is 5.91 Å². The minimum Gasteiger partial charge on any atom is -0.352 e. The van der Waals surface area contributed by atoms with E-state index in [0.717, 1.165) is 13.0 Å². The number of amides is 1. The van der Waals surface area contributed by atoms with Gasteiger partial charge in [-0.15, -0.1) is 0 Å². The lowest BCUT2D eigenvalue weighted by atomic mass is 9.82. The minimum atomic E-state index is 0.261. The maximum atomic E-state index is 11.9. The van der Waals surface area contributed by atoms with Crippen molar-refractivity contribution in [3.05, 3.63) is 0 Å². The van der Waals surface area contributed by atoms with E-state index in [4.69, 9.17) is 0 Å². The predicted molar refractivity (Wildman–Crippen MR) is 65.1 cm³/mol. The van der Waals surface area contributed by atoms with Crippen molar-refractivity contribution in [1.82, 2.24) is 10.6 Å². The highest BCUT2D eigenvalue weighted by molar-refractivity contribution is 5.76. The van der Waals surface area contributed by atoms with Crippen LogP contribution in [0.15, 0.2) is 0 Å². The zero-order valence-electron chi connectivity index (χ0n) is 10.5. The summed E-state index contributed by atoms with van der Waals surface area (Å²) in [4.78, 5) is 11.9. The van der Waals surface area contributed by atoms with Crippen molar-refractivity contribution in [2.24, 2.45) is 11.8 Å². The standard InChI is InChI=1S/C13H24N2O/c1-9-6-7-14-10(2)13(9)15-12(16)8-11-4-3-5-11/h9-11,13-14H,3-8H2,1-2H3,(H,15,16). The van der Waals surface area contributed by atoms with Crippen LogP contribution in [-0.2, 0) is 4.79 Å². The summed E-state index contributed by atoms with van der Waals surface area (Å²) in [6, 6.07) is 0.732. The lowest BCUT2D eigenvalue weighted by molar-refractivity contribution is -0.124. The maximum Gasteiger partial charge on any atom is 0.220 e. The molecule has 1 aliphatic carbocycles. The van der Waals surface area contributed by atoms with Gasteiger partial charge in [-0.3, -0.25) is 4.79 Å². The first kappa shape index (κ1) is 11.9. The predicted octanol–water partition coefficient (Wildman–Crippen LogP) is 1.68. The molecular formula is C13H24N2O. The summed E-state index contributed by atoms with van der Waals surface area (Å²) >= 11 is 0. The van der Waals surface area contributed by atoms with Crippen LogP contribution in [0.5, 0.6) is 0 Å². The molecule has 2 fully saturated rings. The van der Waals surface area contributed by atoms with Crippen LogP contribution in [0, 0.1) is 11.8 Å². The van der Waals surface area contributed by atoms with Crippen LogP contribution in [0.25, 0.3) is 0 Å². The Hall–Kier alpha value is -0.570. The molecule has 3 heteroatoms. The second-order valence-electron chi connectivity index (χ2n) is 5.60. The highest BCUT2D eigenvalue weighted by Gasteiger charge is 2.29. The molecule has 1 heterocycles. The van der Waals surface area contributed by atoms with E-state index < -0.39 is 0 Å². The topological polar surface area (TPSA) is 41.1 Å². The fraction of sp³-hybridized carbons (Fsp3) is 0.923. The molecule has 92 valence electrons. The number of rotatable bonds is 3. The second kappa shape index (κ2) is 5.17. The first-order valence-corrected chi connectivity index (χ1v) is 6.69. The van der Waals surface area contributed by atoms with Crippen molar-refractivity contribution in [3.8, 4) is 0 Å². The quantitative estimate of drug-likeness (QED) is 0.766. The zero-order valence-corrected chi connectivity index (χ0v) is 10.5. The molecule has 3 nitrogen and oxygen atoms in total. The summed E-state index contributed by atoms with van der Waals surface area (Å²) in [5, 5.41) is 6.65. The molecule has 0 aromatic carbocycles. The first-order chi connectivity index (χ1) is 7.66. The van der Waals surface area contributed by atoms with Gasteiger partial charge in [0.05, 0.1) is 0 Å². The van der Waals surface area contributed by atoms with Gasteiger partial charge in [0.2, 0.25) is 5.91 Å². The summed E-state index contributed by atoms with van der Waals surface area (Å²) in [6.07, 6.45) is 5.73. The Morgan fingerprint density at radius 3 is 2.62 bits per heavy atom. The minimum absolute atomic E-state index is 0.261. The molecule has 2 N–H and O–H groups in total. The number of carbonyl (C=O) groups excluding carboxylic acids is 1. The molecule has 16 heavy (non-hydrogen) atoms. The second-order valence-corrected chi connectivity index (χ2v) is 5.60. The van der Waals surface area contributed by atoms with Gasteiger partial charge in [-0.25, -0.2) is 0 Å². The normalized spacial score (nSPS) is 35.5. The summed E-state index contributed by atoms with van der Waals surface area (Å²) in [5.74, 6) is 1.53. The molecule has 1 amide bonds.